The Morgan fingerprint density at radius 2 is 1.54 bits per heavy atom. The second kappa shape index (κ2) is 13.3. The number of aryl methyl sites for hydroxylation is 1. The van der Waals surface area contributed by atoms with E-state index in [-0.39, 0.29) is 6.04 Å². The van der Waals surface area contributed by atoms with Gasteiger partial charge >= 0.3 is 0 Å². The molecule has 1 aliphatic rings. The van der Waals surface area contributed by atoms with Crippen LogP contribution in [0.2, 0.25) is 0 Å². The fourth-order valence-corrected chi connectivity index (χ4v) is 4.96. The summed E-state index contributed by atoms with van der Waals surface area (Å²) in [6, 6.07) is 7.70. The first-order valence-corrected chi connectivity index (χ1v) is 12.9. The van der Waals surface area contributed by atoms with E-state index in [4.69, 9.17) is 0 Å². The van der Waals surface area contributed by atoms with Crippen LogP contribution in [-0.4, -0.2) is 27.5 Å². The molecule has 1 heterocycles. The highest BCUT2D eigenvalue weighted by Crippen LogP contribution is 2.15. The van der Waals surface area contributed by atoms with Gasteiger partial charge < -0.3 is 5.32 Å². The summed E-state index contributed by atoms with van der Waals surface area (Å²) in [5, 5.41) is 3.32. The van der Waals surface area contributed by atoms with Gasteiger partial charge in [0.15, 0.2) is 0 Å². The van der Waals surface area contributed by atoms with Crippen molar-refractivity contribution in [1.29, 1.82) is 0 Å². The highest BCUT2D eigenvalue weighted by molar-refractivity contribution is 7.89. The predicted octanol–water partition coefficient (Wildman–Crippen LogP) is 5.18. The topological polar surface area (TPSA) is 58.2 Å². The first kappa shape index (κ1) is 23.4. The van der Waals surface area contributed by atoms with Gasteiger partial charge in [0, 0.05) is 12.6 Å². The van der Waals surface area contributed by atoms with E-state index in [0.29, 0.717) is 11.4 Å². The molecule has 2 N–H and O–H groups in total. The van der Waals surface area contributed by atoms with E-state index in [1.165, 1.54) is 69.8 Å². The first-order valence-electron chi connectivity index (χ1n) is 11.4. The molecule has 0 unspecified atom stereocenters. The molecule has 5 heteroatoms. The predicted molar refractivity (Wildman–Crippen MR) is 118 cm³/mol. The number of sulfonamides is 1. The minimum atomic E-state index is -3.40. The fourth-order valence-electron chi connectivity index (χ4n) is 3.88. The zero-order valence-electron chi connectivity index (χ0n) is 17.7. The molecule has 1 fully saturated rings. The van der Waals surface area contributed by atoms with Gasteiger partial charge in [-0.25, -0.2) is 13.1 Å². The van der Waals surface area contributed by atoms with Crippen molar-refractivity contribution in [3.05, 3.63) is 29.8 Å². The Labute approximate surface area is 172 Å². The van der Waals surface area contributed by atoms with Crippen molar-refractivity contribution in [3.63, 3.8) is 0 Å². The molecular formula is C23H40N2O2S. The molecule has 28 heavy (non-hydrogen) atoms. The lowest BCUT2D eigenvalue weighted by Crippen LogP contribution is -2.37. The van der Waals surface area contributed by atoms with Crippen LogP contribution in [0, 0.1) is 0 Å². The molecule has 4 nitrogen and oxygen atoms in total. The quantitative estimate of drug-likeness (QED) is 0.393. The number of hydrogen-bond donors (Lipinski definition) is 2. The Kier molecular flexibility index (Phi) is 11.1. The molecule has 0 radical (unpaired) electrons. The van der Waals surface area contributed by atoms with Gasteiger partial charge in [-0.05, 0) is 49.9 Å². The third-order valence-electron chi connectivity index (χ3n) is 5.73. The molecule has 0 aromatic heterocycles. The number of hydrogen-bond acceptors (Lipinski definition) is 3. The van der Waals surface area contributed by atoms with Crippen molar-refractivity contribution < 1.29 is 8.42 Å². The fraction of sp³-hybridized carbons (Fsp3) is 0.739. The lowest BCUT2D eigenvalue weighted by molar-refractivity contribution is 0.551. The summed E-state index contributed by atoms with van der Waals surface area (Å²) >= 11 is 0. The maximum absolute atomic E-state index is 12.4. The van der Waals surface area contributed by atoms with Gasteiger partial charge in [0.1, 0.15) is 0 Å². The van der Waals surface area contributed by atoms with Crippen LogP contribution < -0.4 is 10.0 Å². The smallest absolute Gasteiger partial charge is 0.240 e. The SMILES string of the molecule is CCCCCCCCCCCCc1ccc(S(=O)(=O)NC[C@@H]2CCCN2)cc1. The molecule has 0 spiro atoms. The minimum absolute atomic E-state index is 0.269. The summed E-state index contributed by atoms with van der Waals surface area (Å²) in [5.41, 5.74) is 1.23. The highest BCUT2D eigenvalue weighted by atomic mass is 32.2. The van der Waals surface area contributed by atoms with Gasteiger partial charge in [-0.15, -0.1) is 0 Å². The molecule has 0 amide bonds. The van der Waals surface area contributed by atoms with Gasteiger partial charge in [0.05, 0.1) is 4.90 Å². The summed E-state index contributed by atoms with van der Waals surface area (Å²) in [4.78, 5) is 0.373. The largest absolute Gasteiger partial charge is 0.313 e. The van der Waals surface area contributed by atoms with E-state index < -0.39 is 10.0 Å². The van der Waals surface area contributed by atoms with E-state index in [1.54, 1.807) is 12.1 Å². The molecule has 2 rings (SSSR count). The van der Waals surface area contributed by atoms with E-state index in [2.05, 4.69) is 17.0 Å². The molecule has 0 aliphatic carbocycles. The minimum Gasteiger partial charge on any atom is -0.313 e. The van der Waals surface area contributed by atoms with Crippen LogP contribution in [0.15, 0.2) is 29.2 Å². The van der Waals surface area contributed by atoms with Crippen LogP contribution in [0.25, 0.3) is 0 Å². The highest BCUT2D eigenvalue weighted by Gasteiger charge is 2.19. The summed E-state index contributed by atoms with van der Waals surface area (Å²) < 4.78 is 27.5. The van der Waals surface area contributed by atoms with Crippen LogP contribution in [0.5, 0.6) is 0 Å². The summed E-state index contributed by atoms with van der Waals surface area (Å²) in [6.45, 7) is 3.72. The number of unbranched alkanes of at least 4 members (excludes halogenated alkanes) is 9. The van der Waals surface area contributed by atoms with Crippen molar-refractivity contribution in [2.45, 2.75) is 101 Å². The van der Waals surface area contributed by atoms with Gasteiger partial charge in [-0.3, -0.25) is 0 Å². The Balaban J connectivity index is 1.58. The van der Waals surface area contributed by atoms with E-state index in [1.807, 2.05) is 12.1 Å². The number of rotatable bonds is 15. The van der Waals surface area contributed by atoms with Crippen LogP contribution in [0.4, 0.5) is 0 Å². The van der Waals surface area contributed by atoms with Gasteiger partial charge in [0.25, 0.3) is 0 Å². The second-order valence-electron chi connectivity index (χ2n) is 8.22. The Hall–Kier alpha value is -0.910. The normalized spacial score (nSPS) is 17.2. The van der Waals surface area contributed by atoms with E-state index in [0.717, 1.165) is 25.8 Å². The standard InChI is InChI=1S/C23H40N2O2S/c1-2-3-4-5-6-7-8-9-10-11-13-21-15-17-23(18-16-21)28(26,27)25-20-22-14-12-19-24-22/h15-18,22,24-25H,2-14,19-20H2,1H3/t22-/m0/s1. The molecule has 0 saturated carbocycles. The second-order valence-corrected chi connectivity index (χ2v) is 9.99. The maximum atomic E-state index is 12.4. The third-order valence-corrected chi connectivity index (χ3v) is 7.17. The lowest BCUT2D eigenvalue weighted by atomic mass is 10.0. The van der Waals surface area contributed by atoms with Crippen LogP contribution in [-0.2, 0) is 16.4 Å². The molecular weight excluding hydrogens is 368 g/mol. The summed E-state index contributed by atoms with van der Waals surface area (Å²) in [6.07, 6.45) is 16.6. The Morgan fingerprint density at radius 3 is 2.11 bits per heavy atom. The van der Waals surface area contributed by atoms with Crippen molar-refractivity contribution in [2.24, 2.45) is 0 Å². The Morgan fingerprint density at radius 1 is 0.929 bits per heavy atom. The van der Waals surface area contributed by atoms with Crippen LogP contribution in [0.1, 0.15) is 89.5 Å². The molecule has 1 aliphatic heterocycles. The summed E-state index contributed by atoms with van der Waals surface area (Å²) in [5.74, 6) is 0. The monoisotopic (exact) mass is 408 g/mol. The first-order chi connectivity index (χ1) is 13.6. The van der Waals surface area contributed by atoms with Gasteiger partial charge in [-0.1, -0.05) is 76.8 Å². The zero-order chi connectivity index (χ0) is 20.1. The Bertz CT molecular complexity index is 623. The average Bonchev–Trinajstić information content (AvgIpc) is 3.22. The van der Waals surface area contributed by atoms with E-state index in [9.17, 15) is 8.42 Å². The molecule has 160 valence electrons. The van der Waals surface area contributed by atoms with Crippen LogP contribution in [0.3, 0.4) is 0 Å². The lowest BCUT2D eigenvalue weighted by Gasteiger charge is -2.12. The number of benzene rings is 1. The maximum Gasteiger partial charge on any atom is 0.240 e. The van der Waals surface area contributed by atoms with Gasteiger partial charge in [-0.2, -0.15) is 0 Å². The van der Waals surface area contributed by atoms with Crippen molar-refractivity contribution >= 4 is 10.0 Å². The number of nitrogens with one attached hydrogen (secondary N) is 2. The molecule has 1 aromatic carbocycles. The molecule has 1 saturated heterocycles. The van der Waals surface area contributed by atoms with Gasteiger partial charge in [0.2, 0.25) is 10.0 Å². The van der Waals surface area contributed by atoms with Crippen molar-refractivity contribution in [1.82, 2.24) is 10.0 Å². The van der Waals surface area contributed by atoms with Crippen molar-refractivity contribution in [3.8, 4) is 0 Å². The van der Waals surface area contributed by atoms with E-state index >= 15 is 0 Å². The average molecular weight is 409 g/mol. The van der Waals surface area contributed by atoms with Crippen molar-refractivity contribution in [2.75, 3.05) is 13.1 Å². The summed E-state index contributed by atoms with van der Waals surface area (Å²) in [7, 11) is -3.40. The zero-order valence-corrected chi connectivity index (χ0v) is 18.5. The molecule has 1 atom stereocenters. The molecule has 1 aromatic rings. The van der Waals surface area contributed by atoms with Crippen LogP contribution >= 0.6 is 0 Å². The third kappa shape index (κ3) is 9.06. The molecule has 0 bridgehead atoms.